The van der Waals surface area contributed by atoms with Gasteiger partial charge in [-0.3, -0.25) is 14.9 Å². The second-order valence-corrected chi connectivity index (χ2v) is 3.69. The molecule has 0 saturated carbocycles. The summed E-state index contributed by atoms with van der Waals surface area (Å²) >= 11 is 5.58. The first-order chi connectivity index (χ1) is 8.58. The molecule has 2 aromatic rings. The number of carbonyl (C=O) groups excluding carboxylic acids is 1. The standard InChI is InChI=1S/C11H6ClN3O3/c12-11-13-5-4-9(14-11)10(16)7-2-1-3-8(6-7)15(17)18/h1-6H. The quantitative estimate of drug-likeness (QED) is 0.367. The largest absolute Gasteiger partial charge is 0.287 e. The molecule has 0 saturated heterocycles. The number of non-ortho nitro benzene ring substituents is 1. The van der Waals surface area contributed by atoms with Crippen LogP contribution in [0.2, 0.25) is 5.28 Å². The summed E-state index contributed by atoms with van der Waals surface area (Å²) in [5.41, 5.74) is 0.121. The first kappa shape index (κ1) is 12.1. The van der Waals surface area contributed by atoms with E-state index in [4.69, 9.17) is 11.6 Å². The Morgan fingerprint density at radius 1 is 1.33 bits per heavy atom. The molecule has 0 aliphatic heterocycles. The third-order valence-corrected chi connectivity index (χ3v) is 2.36. The minimum absolute atomic E-state index is 0.0497. The number of nitro groups is 1. The van der Waals surface area contributed by atoms with Crippen molar-refractivity contribution in [2.45, 2.75) is 0 Å². The molecule has 1 aromatic carbocycles. The maximum absolute atomic E-state index is 12.0. The van der Waals surface area contributed by atoms with Gasteiger partial charge in [0.2, 0.25) is 11.1 Å². The van der Waals surface area contributed by atoms with Crippen molar-refractivity contribution in [2.24, 2.45) is 0 Å². The molecule has 1 aromatic heterocycles. The van der Waals surface area contributed by atoms with Gasteiger partial charge in [0.25, 0.3) is 5.69 Å². The zero-order chi connectivity index (χ0) is 13.1. The predicted molar refractivity (Wildman–Crippen MR) is 63.6 cm³/mol. The molecular weight excluding hydrogens is 258 g/mol. The fourth-order valence-corrected chi connectivity index (χ4v) is 1.52. The van der Waals surface area contributed by atoms with Crippen molar-refractivity contribution in [3.8, 4) is 0 Å². The maximum atomic E-state index is 12.0. The van der Waals surface area contributed by atoms with Crippen LogP contribution < -0.4 is 0 Å². The average Bonchev–Trinajstić information content (AvgIpc) is 2.38. The second kappa shape index (κ2) is 4.89. The predicted octanol–water partition coefficient (Wildman–Crippen LogP) is 2.27. The second-order valence-electron chi connectivity index (χ2n) is 3.35. The van der Waals surface area contributed by atoms with Gasteiger partial charge in [-0.2, -0.15) is 0 Å². The number of ketones is 1. The molecule has 0 fully saturated rings. The molecule has 1 heterocycles. The summed E-state index contributed by atoms with van der Waals surface area (Å²) in [6.45, 7) is 0. The van der Waals surface area contributed by atoms with Gasteiger partial charge in [0, 0.05) is 23.9 Å². The molecule has 0 aliphatic carbocycles. The summed E-state index contributed by atoms with van der Waals surface area (Å²) in [6, 6.07) is 6.81. The average molecular weight is 264 g/mol. The molecule has 0 atom stereocenters. The lowest BCUT2D eigenvalue weighted by Gasteiger charge is -2.00. The van der Waals surface area contributed by atoms with Crippen LogP contribution in [0.15, 0.2) is 36.5 Å². The number of rotatable bonds is 3. The van der Waals surface area contributed by atoms with Crippen LogP contribution >= 0.6 is 11.6 Å². The molecule has 7 heteroatoms. The number of benzene rings is 1. The highest BCUT2D eigenvalue weighted by atomic mass is 35.5. The van der Waals surface area contributed by atoms with E-state index < -0.39 is 10.7 Å². The van der Waals surface area contributed by atoms with Crippen molar-refractivity contribution >= 4 is 23.1 Å². The Kier molecular flexibility index (Phi) is 3.29. The van der Waals surface area contributed by atoms with Crippen LogP contribution in [0.3, 0.4) is 0 Å². The van der Waals surface area contributed by atoms with Crippen LogP contribution in [0.5, 0.6) is 0 Å². The molecule has 2 rings (SSSR count). The van der Waals surface area contributed by atoms with Crippen LogP contribution in [0.1, 0.15) is 16.1 Å². The molecule has 90 valence electrons. The van der Waals surface area contributed by atoms with E-state index in [0.717, 1.165) is 0 Å². The number of halogens is 1. The topological polar surface area (TPSA) is 86.0 Å². The molecule has 0 amide bonds. The van der Waals surface area contributed by atoms with Crippen molar-refractivity contribution in [3.05, 3.63) is 63.2 Å². The van der Waals surface area contributed by atoms with E-state index in [1.54, 1.807) is 0 Å². The van der Waals surface area contributed by atoms with E-state index in [-0.39, 0.29) is 22.2 Å². The van der Waals surface area contributed by atoms with Crippen LogP contribution in [0.4, 0.5) is 5.69 Å². The summed E-state index contributed by atoms with van der Waals surface area (Å²) in [4.78, 5) is 29.5. The van der Waals surface area contributed by atoms with Gasteiger partial charge in [-0.15, -0.1) is 0 Å². The van der Waals surface area contributed by atoms with E-state index in [2.05, 4.69) is 9.97 Å². The molecule has 0 aliphatic rings. The van der Waals surface area contributed by atoms with Crippen LogP contribution in [-0.2, 0) is 0 Å². The smallest absolute Gasteiger partial charge is 0.270 e. The van der Waals surface area contributed by atoms with Crippen molar-refractivity contribution in [3.63, 3.8) is 0 Å². The maximum Gasteiger partial charge on any atom is 0.270 e. The lowest BCUT2D eigenvalue weighted by molar-refractivity contribution is -0.384. The van der Waals surface area contributed by atoms with Gasteiger partial charge in [0.1, 0.15) is 5.69 Å². The van der Waals surface area contributed by atoms with E-state index in [0.29, 0.717) is 0 Å². The van der Waals surface area contributed by atoms with Crippen molar-refractivity contribution in [1.82, 2.24) is 9.97 Å². The first-order valence-corrected chi connectivity index (χ1v) is 5.23. The molecule has 0 radical (unpaired) electrons. The van der Waals surface area contributed by atoms with Crippen molar-refractivity contribution < 1.29 is 9.72 Å². The molecular formula is C11H6ClN3O3. The SMILES string of the molecule is O=C(c1cccc([N+](=O)[O-])c1)c1ccnc(Cl)n1. The summed E-state index contributed by atoms with van der Waals surface area (Å²) in [5.74, 6) is -0.442. The van der Waals surface area contributed by atoms with Crippen LogP contribution in [0.25, 0.3) is 0 Å². The highest BCUT2D eigenvalue weighted by Crippen LogP contribution is 2.16. The Balaban J connectivity index is 2.40. The minimum Gasteiger partial charge on any atom is -0.287 e. The minimum atomic E-state index is -0.566. The Morgan fingerprint density at radius 3 is 2.78 bits per heavy atom. The van der Waals surface area contributed by atoms with Crippen molar-refractivity contribution in [1.29, 1.82) is 0 Å². The normalized spacial score (nSPS) is 10.1. The van der Waals surface area contributed by atoms with Gasteiger partial charge < -0.3 is 0 Å². The number of nitrogens with zero attached hydrogens (tertiary/aromatic N) is 3. The molecule has 0 spiro atoms. The highest BCUT2D eigenvalue weighted by Gasteiger charge is 2.14. The highest BCUT2D eigenvalue weighted by molar-refractivity contribution is 6.28. The van der Waals surface area contributed by atoms with Gasteiger partial charge in [0.15, 0.2) is 0 Å². The number of carbonyl (C=O) groups is 1. The summed E-state index contributed by atoms with van der Waals surface area (Å²) in [7, 11) is 0. The van der Waals surface area contributed by atoms with E-state index in [1.807, 2.05) is 0 Å². The van der Waals surface area contributed by atoms with Crippen LogP contribution in [0, 0.1) is 10.1 Å². The molecule has 0 bridgehead atoms. The lowest BCUT2D eigenvalue weighted by atomic mass is 10.1. The van der Waals surface area contributed by atoms with E-state index >= 15 is 0 Å². The number of hydrogen-bond donors (Lipinski definition) is 0. The van der Waals surface area contributed by atoms with Gasteiger partial charge in [-0.25, -0.2) is 9.97 Å². The molecule has 18 heavy (non-hydrogen) atoms. The number of aromatic nitrogens is 2. The van der Waals surface area contributed by atoms with Gasteiger partial charge in [-0.1, -0.05) is 12.1 Å². The summed E-state index contributed by atoms with van der Waals surface area (Å²) in [5, 5.41) is 10.6. The Morgan fingerprint density at radius 2 is 2.11 bits per heavy atom. The number of nitro benzene ring substituents is 1. The third-order valence-electron chi connectivity index (χ3n) is 2.18. The lowest BCUT2D eigenvalue weighted by Crippen LogP contribution is -2.05. The van der Waals surface area contributed by atoms with Gasteiger partial charge in [0.05, 0.1) is 4.92 Å². The fourth-order valence-electron chi connectivity index (χ4n) is 1.37. The Bertz CT molecular complexity index is 630. The van der Waals surface area contributed by atoms with Gasteiger partial charge >= 0.3 is 0 Å². The first-order valence-electron chi connectivity index (χ1n) is 4.85. The zero-order valence-corrected chi connectivity index (χ0v) is 9.66. The van der Waals surface area contributed by atoms with Crippen LogP contribution in [-0.4, -0.2) is 20.7 Å². The summed E-state index contributed by atoms with van der Waals surface area (Å²) < 4.78 is 0. The molecule has 0 N–H and O–H groups in total. The Hall–Kier alpha value is -2.34. The third kappa shape index (κ3) is 2.49. The van der Waals surface area contributed by atoms with Crippen molar-refractivity contribution in [2.75, 3.05) is 0 Å². The Labute approximate surface area is 106 Å². The monoisotopic (exact) mass is 263 g/mol. The molecule has 0 unspecified atom stereocenters. The fraction of sp³-hybridized carbons (Fsp3) is 0. The zero-order valence-electron chi connectivity index (χ0n) is 8.91. The molecule has 6 nitrogen and oxygen atoms in total. The van der Waals surface area contributed by atoms with E-state index in [1.165, 1.54) is 36.5 Å². The van der Waals surface area contributed by atoms with E-state index in [9.17, 15) is 14.9 Å². The number of hydrogen-bond acceptors (Lipinski definition) is 5. The summed E-state index contributed by atoms with van der Waals surface area (Å²) in [6.07, 6.45) is 1.35. The van der Waals surface area contributed by atoms with Gasteiger partial charge in [-0.05, 0) is 17.7 Å².